The Labute approximate surface area is 167 Å². The fourth-order valence-corrected chi connectivity index (χ4v) is 4.00. The van der Waals surface area contributed by atoms with Crippen LogP contribution >= 0.6 is 15.9 Å². The van der Waals surface area contributed by atoms with Crippen molar-refractivity contribution in [2.75, 3.05) is 28.4 Å². The number of nitrogens with zero attached hydrogens (tertiary/aromatic N) is 1. The van der Waals surface area contributed by atoms with Gasteiger partial charge in [-0.1, -0.05) is 34.1 Å². The van der Waals surface area contributed by atoms with Crippen molar-refractivity contribution in [2.45, 2.75) is 4.90 Å². The molecule has 27 heavy (non-hydrogen) atoms. The predicted molar refractivity (Wildman–Crippen MR) is 113 cm³/mol. The van der Waals surface area contributed by atoms with Crippen LogP contribution in [0, 0.1) is 0 Å². The first-order valence-electron chi connectivity index (χ1n) is 8.29. The summed E-state index contributed by atoms with van der Waals surface area (Å²) in [5.74, 6) is 0. The third kappa shape index (κ3) is 5.70. The molecule has 1 aromatic heterocycles. The van der Waals surface area contributed by atoms with Gasteiger partial charge in [-0.15, -0.1) is 0 Å². The molecule has 1 heterocycles. The van der Waals surface area contributed by atoms with E-state index in [0.29, 0.717) is 18.8 Å². The molecule has 0 aliphatic rings. The molecular formula is C19H19BrN4O2S. The zero-order chi connectivity index (χ0) is 19.1. The van der Waals surface area contributed by atoms with Crippen LogP contribution in [0.15, 0.2) is 82.4 Å². The second kappa shape index (κ2) is 8.88. The van der Waals surface area contributed by atoms with Crippen LogP contribution in [-0.2, 0) is 10.0 Å². The van der Waals surface area contributed by atoms with Gasteiger partial charge in [-0.2, -0.15) is 0 Å². The first-order valence-corrected chi connectivity index (χ1v) is 10.6. The Balaban J connectivity index is 1.62. The summed E-state index contributed by atoms with van der Waals surface area (Å²) in [6.45, 7) is 1.38. The molecule has 140 valence electrons. The maximum atomic E-state index is 12.5. The van der Waals surface area contributed by atoms with Crippen LogP contribution < -0.4 is 15.4 Å². The number of anilines is 3. The minimum Gasteiger partial charge on any atom is -0.383 e. The summed E-state index contributed by atoms with van der Waals surface area (Å²) in [5.41, 5.74) is 2.29. The Hall–Kier alpha value is -2.58. The van der Waals surface area contributed by atoms with E-state index >= 15 is 0 Å². The smallest absolute Gasteiger partial charge is 0.261 e. The first kappa shape index (κ1) is 19.2. The molecule has 0 unspecified atom stereocenters. The van der Waals surface area contributed by atoms with Crippen molar-refractivity contribution in [3.8, 4) is 0 Å². The summed E-state index contributed by atoms with van der Waals surface area (Å²) >= 11 is 3.43. The van der Waals surface area contributed by atoms with E-state index in [9.17, 15) is 8.42 Å². The Morgan fingerprint density at radius 3 is 2.15 bits per heavy atom. The van der Waals surface area contributed by atoms with Gasteiger partial charge in [0.1, 0.15) is 0 Å². The average Bonchev–Trinajstić information content (AvgIpc) is 2.66. The highest BCUT2D eigenvalue weighted by Gasteiger charge is 2.14. The molecule has 6 nitrogen and oxygen atoms in total. The summed E-state index contributed by atoms with van der Waals surface area (Å²) < 4.78 is 28.3. The lowest BCUT2D eigenvalue weighted by atomic mass is 10.3. The molecule has 0 saturated carbocycles. The largest absolute Gasteiger partial charge is 0.383 e. The number of hydrogen-bond acceptors (Lipinski definition) is 5. The fraction of sp³-hybridized carbons (Fsp3) is 0.105. The number of rotatable bonds is 8. The third-order valence-corrected chi connectivity index (χ3v) is 5.52. The molecule has 0 saturated heterocycles. The maximum absolute atomic E-state index is 12.5. The highest BCUT2D eigenvalue weighted by atomic mass is 79.9. The lowest BCUT2D eigenvalue weighted by Crippen LogP contribution is -2.15. The summed E-state index contributed by atoms with van der Waals surface area (Å²) in [6.07, 6.45) is 3.46. The normalized spacial score (nSPS) is 11.0. The maximum Gasteiger partial charge on any atom is 0.261 e. The van der Waals surface area contributed by atoms with Gasteiger partial charge >= 0.3 is 0 Å². The van der Waals surface area contributed by atoms with Gasteiger partial charge in [0.05, 0.1) is 10.6 Å². The van der Waals surface area contributed by atoms with Crippen molar-refractivity contribution >= 4 is 43.0 Å². The first-order chi connectivity index (χ1) is 13.0. The summed E-state index contributed by atoms with van der Waals surface area (Å²) in [6, 6.07) is 17.5. The molecule has 0 atom stereocenters. The minimum atomic E-state index is -3.62. The molecule has 0 amide bonds. The third-order valence-electron chi connectivity index (χ3n) is 3.67. The zero-order valence-corrected chi connectivity index (χ0v) is 16.8. The second-order valence-electron chi connectivity index (χ2n) is 5.74. The number of hydrogen-bond donors (Lipinski definition) is 3. The van der Waals surface area contributed by atoms with Gasteiger partial charge in [0.25, 0.3) is 10.0 Å². The molecule has 3 N–H and O–H groups in total. The molecule has 0 aliphatic heterocycles. The minimum absolute atomic E-state index is 0.223. The summed E-state index contributed by atoms with van der Waals surface area (Å²) in [7, 11) is -3.62. The topological polar surface area (TPSA) is 83.1 Å². The molecule has 8 heteroatoms. The summed E-state index contributed by atoms with van der Waals surface area (Å²) in [4.78, 5) is 4.20. The van der Waals surface area contributed by atoms with E-state index in [1.165, 1.54) is 0 Å². The van der Waals surface area contributed by atoms with E-state index in [-0.39, 0.29) is 4.90 Å². The van der Waals surface area contributed by atoms with E-state index in [1.54, 1.807) is 54.9 Å². The van der Waals surface area contributed by atoms with Crippen LogP contribution in [0.3, 0.4) is 0 Å². The van der Waals surface area contributed by atoms with Crippen LogP contribution in [0.4, 0.5) is 17.1 Å². The highest BCUT2D eigenvalue weighted by molar-refractivity contribution is 9.10. The highest BCUT2D eigenvalue weighted by Crippen LogP contribution is 2.25. The number of halogens is 1. The van der Waals surface area contributed by atoms with Crippen molar-refractivity contribution < 1.29 is 8.42 Å². The standard InChI is InChI=1S/C19H19BrN4O2S/c20-15-12-17(23-11-10-22-16-6-8-21-9-7-16)14-18(13-15)24-27(25,26)19-4-2-1-3-5-19/h1-9,12-14,23-24H,10-11H2,(H,21,22). The van der Waals surface area contributed by atoms with Crippen LogP contribution in [0.25, 0.3) is 0 Å². The van der Waals surface area contributed by atoms with Gasteiger partial charge in [-0.3, -0.25) is 9.71 Å². The van der Waals surface area contributed by atoms with E-state index in [1.807, 2.05) is 18.2 Å². The molecule has 3 aromatic rings. The monoisotopic (exact) mass is 446 g/mol. The number of nitrogens with one attached hydrogen (secondary N) is 3. The lowest BCUT2D eigenvalue weighted by molar-refractivity contribution is 0.601. The zero-order valence-electron chi connectivity index (χ0n) is 14.4. The van der Waals surface area contributed by atoms with E-state index in [4.69, 9.17) is 0 Å². The molecule has 2 aromatic carbocycles. The van der Waals surface area contributed by atoms with Crippen molar-refractivity contribution in [2.24, 2.45) is 0 Å². The Bertz CT molecular complexity index is 983. The van der Waals surface area contributed by atoms with Crippen LogP contribution in [0.2, 0.25) is 0 Å². The van der Waals surface area contributed by atoms with E-state index in [0.717, 1.165) is 15.8 Å². The van der Waals surface area contributed by atoms with Crippen molar-refractivity contribution in [3.05, 3.63) is 77.5 Å². The predicted octanol–water partition coefficient (Wildman–Crippen LogP) is 4.17. The second-order valence-corrected chi connectivity index (χ2v) is 8.33. The molecule has 3 rings (SSSR count). The van der Waals surface area contributed by atoms with Crippen LogP contribution in [-0.4, -0.2) is 26.5 Å². The van der Waals surface area contributed by atoms with Crippen molar-refractivity contribution in [1.29, 1.82) is 0 Å². The Kier molecular flexibility index (Phi) is 6.31. The molecule has 0 spiro atoms. The molecule has 0 bridgehead atoms. The fourth-order valence-electron chi connectivity index (χ4n) is 2.45. The molecule has 0 fully saturated rings. The van der Waals surface area contributed by atoms with Crippen LogP contribution in [0.1, 0.15) is 0 Å². The van der Waals surface area contributed by atoms with Gasteiger partial charge in [-0.25, -0.2) is 8.42 Å². The van der Waals surface area contributed by atoms with Gasteiger partial charge in [0.15, 0.2) is 0 Å². The SMILES string of the molecule is O=S(=O)(Nc1cc(Br)cc(NCCNc2ccncc2)c1)c1ccccc1. The lowest BCUT2D eigenvalue weighted by Gasteiger charge is -2.12. The Morgan fingerprint density at radius 2 is 1.44 bits per heavy atom. The Morgan fingerprint density at radius 1 is 0.815 bits per heavy atom. The van der Waals surface area contributed by atoms with Gasteiger partial charge in [0.2, 0.25) is 0 Å². The number of aromatic nitrogens is 1. The van der Waals surface area contributed by atoms with E-state index in [2.05, 4.69) is 36.3 Å². The number of pyridine rings is 1. The van der Waals surface area contributed by atoms with Gasteiger partial charge < -0.3 is 10.6 Å². The van der Waals surface area contributed by atoms with Crippen LogP contribution in [0.5, 0.6) is 0 Å². The van der Waals surface area contributed by atoms with Gasteiger partial charge in [-0.05, 0) is 42.5 Å². The van der Waals surface area contributed by atoms with Crippen molar-refractivity contribution in [1.82, 2.24) is 4.98 Å². The average molecular weight is 447 g/mol. The summed E-state index contributed by atoms with van der Waals surface area (Å²) in [5, 5.41) is 6.56. The molecule has 0 aliphatic carbocycles. The molecular weight excluding hydrogens is 428 g/mol. The van der Waals surface area contributed by atoms with Crippen molar-refractivity contribution in [3.63, 3.8) is 0 Å². The van der Waals surface area contributed by atoms with Gasteiger partial charge in [0, 0.05) is 41.3 Å². The van der Waals surface area contributed by atoms with E-state index < -0.39 is 10.0 Å². The number of sulfonamides is 1. The molecule has 0 radical (unpaired) electrons. The number of benzene rings is 2. The quantitative estimate of drug-likeness (QED) is 0.452.